The quantitative estimate of drug-likeness (QED) is 0.812. The van der Waals surface area contributed by atoms with Gasteiger partial charge in [0.1, 0.15) is 0 Å². The SMILES string of the molecule is CNC(=O)N1CCN2c3ncccc3N(c3ccc(C(F)(F)F)cc3)C[C@H]2C1. The third-order valence-corrected chi connectivity index (χ3v) is 5.21. The van der Waals surface area contributed by atoms with Crippen LogP contribution in [0, 0.1) is 0 Å². The first kappa shape index (κ1) is 18.4. The number of aromatic nitrogens is 1. The summed E-state index contributed by atoms with van der Waals surface area (Å²) < 4.78 is 38.7. The molecule has 1 aromatic heterocycles. The van der Waals surface area contributed by atoms with Crippen LogP contribution in [0.15, 0.2) is 42.6 Å². The molecule has 148 valence electrons. The van der Waals surface area contributed by atoms with Gasteiger partial charge in [0.05, 0.1) is 17.3 Å². The van der Waals surface area contributed by atoms with E-state index in [9.17, 15) is 18.0 Å². The number of carbonyl (C=O) groups is 1. The van der Waals surface area contributed by atoms with Crippen molar-refractivity contribution in [1.29, 1.82) is 0 Å². The summed E-state index contributed by atoms with van der Waals surface area (Å²) in [5.74, 6) is 0.787. The van der Waals surface area contributed by atoms with Gasteiger partial charge in [0, 0.05) is 45.1 Å². The van der Waals surface area contributed by atoms with Crippen LogP contribution in [-0.4, -0.2) is 55.2 Å². The van der Waals surface area contributed by atoms with E-state index < -0.39 is 11.7 Å². The largest absolute Gasteiger partial charge is 0.416 e. The van der Waals surface area contributed by atoms with Crippen molar-refractivity contribution in [3.63, 3.8) is 0 Å². The van der Waals surface area contributed by atoms with Crippen molar-refractivity contribution in [3.05, 3.63) is 48.2 Å². The van der Waals surface area contributed by atoms with Crippen LogP contribution in [-0.2, 0) is 6.18 Å². The van der Waals surface area contributed by atoms with E-state index in [4.69, 9.17) is 0 Å². The van der Waals surface area contributed by atoms with Crippen molar-refractivity contribution in [2.24, 2.45) is 0 Å². The van der Waals surface area contributed by atoms with Crippen LogP contribution < -0.4 is 15.1 Å². The molecule has 2 aliphatic rings. The summed E-state index contributed by atoms with van der Waals surface area (Å²) in [6, 6.07) is 8.75. The molecule has 9 heteroatoms. The maximum atomic E-state index is 12.9. The van der Waals surface area contributed by atoms with Gasteiger partial charge in [0.25, 0.3) is 0 Å². The first-order chi connectivity index (χ1) is 13.4. The maximum Gasteiger partial charge on any atom is 0.416 e. The molecular formula is C19H20F3N5O. The average molecular weight is 391 g/mol. The number of rotatable bonds is 1. The summed E-state index contributed by atoms with van der Waals surface area (Å²) in [4.78, 5) is 22.4. The van der Waals surface area contributed by atoms with Crippen molar-refractivity contribution in [1.82, 2.24) is 15.2 Å². The lowest BCUT2D eigenvalue weighted by atomic mass is 10.1. The first-order valence-corrected chi connectivity index (χ1v) is 9.01. The van der Waals surface area contributed by atoms with Gasteiger partial charge in [-0.15, -0.1) is 0 Å². The minimum atomic E-state index is -4.37. The van der Waals surface area contributed by atoms with Crippen molar-refractivity contribution in [2.45, 2.75) is 12.2 Å². The Morgan fingerprint density at radius 1 is 1.14 bits per heavy atom. The van der Waals surface area contributed by atoms with Gasteiger partial charge in [0.2, 0.25) is 0 Å². The van der Waals surface area contributed by atoms with Crippen LogP contribution in [0.4, 0.5) is 35.2 Å². The van der Waals surface area contributed by atoms with Gasteiger partial charge >= 0.3 is 12.2 Å². The molecule has 1 aromatic carbocycles. The van der Waals surface area contributed by atoms with Gasteiger partial charge in [-0.05, 0) is 36.4 Å². The van der Waals surface area contributed by atoms with Crippen LogP contribution in [0.5, 0.6) is 0 Å². The summed E-state index contributed by atoms with van der Waals surface area (Å²) in [5.41, 5.74) is 0.843. The molecule has 0 bridgehead atoms. The zero-order valence-corrected chi connectivity index (χ0v) is 15.3. The van der Waals surface area contributed by atoms with E-state index >= 15 is 0 Å². The van der Waals surface area contributed by atoms with Gasteiger partial charge < -0.3 is 20.0 Å². The number of urea groups is 1. The zero-order chi connectivity index (χ0) is 19.9. The van der Waals surface area contributed by atoms with Crippen molar-refractivity contribution < 1.29 is 18.0 Å². The number of pyridine rings is 1. The van der Waals surface area contributed by atoms with Crippen molar-refractivity contribution >= 4 is 23.2 Å². The fourth-order valence-corrected chi connectivity index (χ4v) is 3.84. The second-order valence-corrected chi connectivity index (χ2v) is 6.85. The highest BCUT2D eigenvalue weighted by molar-refractivity contribution is 5.79. The van der Waals surface area contributed by atoms with E-state index in [1.165, 1.54) is 12.1 Å². The maximum absolute atomic E-state index is 12.9. The summed E-state index contributed by atoms with van der Waals surface area (Å²) in [7, 11) is 1.60. The van der Waals surface area contributed by atoms with Gasteiger partial charge in [-0.3, -0.25) is 0 Å². The molecule has 0 aliphatic carbocycles. The molecule has 2 aromatic rings. The fourth-order valence-electron chi connectivity index (χ4n) is 3.84. The smallest absolute Gasteiger partial charge is 0.347 e. The number of carbonyl (C=O) groups excluding carboxylic acids is 1. The molecule has 28 heavy (non-hydrogen) atoms. The molecule has 1 saturated heterocycles. The summed E-state index contributed by atoms with van der Waals surface area (Å²) in [6.45, 7) is 2.32. The summed E-state index contributed by atoms with van der Waals surface area (Å²) in [5, 5.41) is 2.65. The van der Waals surface area contributed by atoms with Crippen LogP contribution in [0.3, 0.4) is 0 Å². The number of halogens is 3. The number of nitrogens with one attached hydrogen (secondary N) is 1. The number of alkyl halides is 3. The molecular weight excluding hydrogens is 371 g/mol. The predicted octanol–water partition coefficient (Wildman–Crippen LogP) is 3.08. The molecule has 0 unspecified atom stereocenters. The number of piperazine rings is 1. The minimum absolute atomic E-state index is 0.00394. The molecule has 6 nitrogen and oxygen atoms in total. The lowest BCUT2D eigenvalue weighted by Crippen LogP contribution is -2.61. The molecule has 2 amide bonds. The van der Waals surface area contributed by atoms with Crippen molar-refractivity contribution in [2.75, 3.05) is 43.0 Å². The fraction of sp³-hybridized carbons (Fsp3) is 0.368. The Hall–Kier alpha value is -2.97. The van der Waals surface area contributed by atoms with Gasteiger partial charge in [-0.2, -0.15) is 13.2 Å². The highest BCUT2D eigenvalue weighted by atomic mass is 19.4. The standard InChI is InChI=1S/C19H20F3N5O/c1-23-18(28)25-9-10-26-15(11-25)12-27(16-3-2-8-24-17(16)26)14-6-4-13(5-7-14)19(20,21)22/h2-8,15H,9-12H2,1H3,(H,23,28)/t15-/m1/s1. The number of hydrogen-bond acceptors (Lipinski definition) is 4. The Kier molecular flexibility index (Phi) is 4.52. The summed E-state index contributed by atoms with van der Waals surface area (Å²) in [6.07, 6.45) is -2.66. The minimum Gasteiger partial charge on any atom is -0.347 e. The predicted molar refractivity (Wildman–Crippen MR) is 99.8 cm³/mol. The Labute approximate surface area is 160 Å². The second kappa shape index (κ2) is 6.88. The monoisotopic (exact) mass is 391 g/mol. The Balaban J connectivity index is 1.67. The molecule has 1 fully saturated rings. The molecule has 1 atom stereocenters. The Bertz CT molecular complexity index is 871. The number of fused-ring (bicyclic) bond motifs is 3. The Morgan fingerprint density at radius 2 is 1.89 bits per heavy atom. The number of benzene rings is 1. The lowest BCUT2D eigenvalue weighted by molar-refractivity contribution is -0.137. The topological polar surface area (TPSA) is 51.7 Å². The molecule has 1 N–H and O–H groups in total. The van der Waals surface area contributed by atoms with Crippen LogP contribution >= 0.6 is 0 Å². The normalized spacial score (nSPS) is 19.1. The first-order valence-electron chi connectivity index (χ1n) is 9.01. The van der Waals surface area contributed by atoms with E-state index in [-0.39, 0.29) is 12.1 Å². The highest BCUT2D eigenvalue weighted by Gasteiger charge is 2.37. The summed E-state index contributed by atoms with van der Waals surface area (Å²) >= 11 is 0. The average Bonchev–Trinajstić information content (AvgIpc) is 2.71. The van der Waals surface area contributed by atoms with Gasteiger partial charge in [0.15, 0.2) is 5.82 Å². The van der Waals surface area contributed by atoms with E-state index in [1.807, 2.05) is 17.0 Å². The molecule has 4 rings (SSSR count). The molecule has 0 radical (unpaired) electrons. The Morgan fingerprint density at radius 3 is 2.57 bits per heavy atom. The van der Waals surface area contributed by atoms with Gasteiger partial charge in [-0.1, -0.05) is 0 Å². The number of hydrogen-bond donors (Lipinski definition) is 1. The van der Waals surface area contributed by atoms with Crippen LogP contribution in [0.1, 0.15) is 5.56 Å². The van der Waals surface area contributed by atoms with E-state index in [2.05, 4.69) is 15.2 Å². The third-order valence-electron chi connectivity index (χ3n) is 5.21. The van der Waals surface area contributed by atoms with E-state index in [1.54, 1.807) is 18.1 Å². The second-order valence-electron chi connectivity index (χ2n) is 6.85. The van der Waals surface area contributed by atoms with E-state index in [0.29, 0.717) is 31.9 Å². The van der Waals surface area contributed by atoms with Crippen molar-refractivity contribution in [3.8, 4) is 0 Å². The molecule has 3 heterocycles. The van der Waals surface area contributed by atoms with E-state index in [0.717, 1.165) is 23.6 Å². The number of nitrogens with zero attached hydrogens (tertiary/aromatic N) is 4. The molecule has 0 saturated carbocycles. The van der Waals surface area contributed by atoms with Gasteiger partial charge in [-0.25, -0.2) is 9.78 Å². The zero-order valence-electron chi connectivity index (χ0n) is 15.3. The third kappa shape index (κ3) is 3.21. The number of amides is 2. The van der Waals surface area contributed by atoms with Crippen LogP contribution in [0.25, 0.3) is 0 Å². The molecule has 0 spiro atoms. The lowest BCUT2D eigenvalue weighted by Gasteiger charge is -2.48. The number of anilines is 3. The highest BCUT2D eigenvalue weighted by Crippen LogP contribution is 2.40. The van der Waals surface area contributed by atoms with Crippen LogP contribution in [0.2, 0.25) is 0 Å². The molecule has 2 aliphatic heterocycles.